The van der Waals surface area contributed by atoms with Crippen LogP contribution in [-0.4, -0.2) is 55.3 Å². The number of nitrogens with one attached hydrogen (secondary N) is 1. The van der Waals surface area contributed by atoms with E-state index in [9.17, 15) is 14.4 Å². The molecule has 1 unspecified atom stereocenters. The molecular weight excluding hydrogens is 488 g/mol. The number of ether oxygens (including phenoxy) is 1. The molecule has 39 heavy (non-hydrogen) atoms. The third-order valence-corrected chi connectivity index (χ3v) is 12.2. The third kappa shape index (κ3) is 6.11. The molecule has 0 aliphatic heterocycles. The number of hydrogen-bond acceptors (Lipinski definition) is 5. The van der Waals surface area contributed by atoms with Crippen LogP contribution in [0.2, 0.25) is 0 Å². The number of fused-ring (bicyclic) bond motifs is 5. The van der Waals surface area contributed by atoms with Gasteiger partial charge >= 0.3 is 5.97 Å². The summed E-state index contributed by atoms with van der Waals surface area (Å²) >= 11 is 0. The molecule has 0 aromatic rings. The number of ketones is 1. The standard InChI is InChI=1S/C33H56N2O4/c1-8-21(2)30(34-29(37)10-9-19-35(6)7)31(38)39-24-15-17-32(4)23(20-24)11-12-25-27-14-13-26(22(3)36)33(27,5)18-16-28(25)32/h21,23-28,30H,8-20H2,1-7H3,(H,34,37)/t21?,23-,24+,25-,26+,27-,28-,30-,32-,33+/m0/s1. The molecule has 0 saturated heterocycles. The van der Waals surface area contributed by atoms with Crippen LogP contribution in [-0.2, 0) is 19.1 Å². The molecule has 6 heteroatoms. The average molecular weight is 545 g/mol. The first-order valence-electron chi connectivity index (χ1n) is 16.1. The van der Waals surface area contributed by atoms with E-state index < -0.39 is 6.04 Å². The molecule has 4 aliphatic carbocycles. The van der Waals surface area contributed by atoms with Gasteiger partial charge in [0, 0.05) is 12.3 Å². The normalized spacial score (nSPS) is 39.2. The Balaban J connectivity index is 1.36. The van der Waals surface area contributed by atoms with Crippen molar-refractivity contribution in [1.82, 2.24) is 10.2 Å². The summed E-state index contributed by atoms with van der Waals surface area (Å²) < 4.78 is 6.18. The Hall–Kier alpha value is -1.43. The van der Waals surface area contributed by atoms with Crippen molar-refractivity contribution < 1.29 is 19.1 Å². The van der Waals surface area contributed by atoms with Gasteiger partial charge in [-0.05, 0) is 132 Å². The van der Waals surface area contributed by atoms with E-state index in [2.05, 4.69) is 31.0 Å². The molecule has 0 spiro atoms. The fourth-order valence-electron chi connectivity index (χ4n) is 9.70. The summed E-state index contributed by atoms with van der Waals surface area (Å²) in [5.74, 6) is 3.15. The number of nitrogens with zero attached hydrogens (tertiary/aromatic N) is 1. The van der Waals surface area contributed by atoms with Crippen LogP contribution in [0, 0.1) is 46.3 Å². The summed E-state index contributed by atoms with van der Waals surface area (Å²) in [6, 6.07) is -0.571. The molecule has 0 aromatic heterocycles. The van der Waals surface area contributed by atoms with Crippen molar-refractivity contribution in [2.45, 2.75) is 124 Å². The molecule has 10 atom stereocenters. The number of hydrogen-bond donors (Lipinski definition) is 1. The molecular formula is C33H56N2O4. The highest BCUT2D eigenvalue weighted by Gasteiger charge is 2.61. The average Bonchev–Trinajstić information content (AvgIpc) is 3.24. The van der Waals surface area contributed by atoms with Gasteiger partial charge in [-0.25, -0.2) is 4.79 Å². The van der Waals surface area contributed by atoms with Crippen molar-refractivity contribution >= 4 is 17.7 Å². The predicted octanol–water partition coefficient (Wildman–Crippen LogP) is 6.02. The lowest BCUT2D eigenvalue weighted by Crippen LogP contribution is -2.55. The first kappa shape index (κ1) is 30.5. The quantitative estimate of drug-likeness (QED) is 0.341. The van der Waals surface area contributed by atoms with E-state index in [0.29, 0.717) is 29.5 Å². The van der Waals surface area contributed by atoms with E-state index in [1.54, 1.807) is 0 Å². The van der Waals surface area contributed by atoms with E-state index in [0.717, 1.165) is 56.9 Å². The molecule has 4 aliphatic rings. The molecule has 6 nitrogen and oxygen atoms in total. The largest absolute Gasteiger partial charge is 0.461 e. The maximum absolute atomic E-state index is 13.4. The van der Waals surface area contributed by atoms with E-state index in [-0.39, 0.29) is 35.2 Å². The lowest BCUT2D eigenvalue weighted by Gasteiger charge is -2.61. The molecule has 4 saturated carbocycles. The van der Waals surface area contributed by atoms with E-state index >= 15 is 0 Å². The fourth-order valence-corrected chi connectivity index (χ4v) is 9.70. The number of amides is 1. The van der Waals surface area contributed by atoms with Crippen molar-refractivity contribution in [3.8, 4) is 0 Å². The van der Waals surface area contributed by atoms with Crippen molar-refractivity contribution in [2.75, 3.05) is 20.6 Å². The molecule has 1 amide bonds. The first-order chi connectivity index (χ1) is 18.4. The van der Waals surface area contributed by atoms with Crippen LogP contribution in [0.5, 0.6) is 0 Å². The zero-order chi connectivity index (χ0) is 28.5. The number of carbonyl (C=O) groups excluding carboxylic acids is 3. The van der Waals surface area contributed by atoms with Gasteiger partial charge in [0.05, 0.1) is 0 Å². The Labute approximate surface area is 237 Å². The molecule has 0 aromatic carbocycles. The van der Waals surface area contributed by atoms with E-state index in [4.69, 9.17) is 4.74 Å². The highest BCUT2D eigenvalue weighted by Crippen LogP contribution is 2.67. The fraction of sp³-hybridized carbons (Fsp3) is 0.909. The second-order valence-electron chi connectivity index (χ2n) is 14.6. The number of rotatable bonds is 10. The number of Topliss-reactive ketones (excluding diaryl/α,β-unsaturated/α-hetero) is 1. The minimum absolute atomic E-state index is 0.0429. The second kappa shape index (κ2) is 12.2. The molecule has 4 rings (SSSR count). The Morgan fingerprint density at radius 3 is 2.33 bits per heavy atom. The topological polar surface area (TPSA) is 75.7 Å². The summed E-state index contributed by atoms with van der Waals surface area (Å²) in [4.78, 5) is 40.5. The van der Waals surface area contributed by atoms with Gasteiger partial charge < -0.3 is 15.0 Å². The lowest BCUT2D eigenvalue weighted by atomic mass is 9.44. The molecule has 222 valence electrons. The van der Waals surface area contributed by atoms with Crippen molar-refractivity contribution in [3.63, 3.8) is 0 Å². The third-order valence-electron chi connectivity index (χ3n) is 12.2. The lowest BCUT2D eigenvalue weighted by molar-refractivity contribution is -0.167. The highest BCUT2D eigenvalue weighted by atomic mass is 16.5. The maximum Gasteiger partial charge on any atom is 0.329 e. The molecule has 4 fully saturated rings. The highest BCUT2D eigenvalue weighted by molar-refractivity contribution is 5.84. The number of esters is 1. The minimum Gasteiger partial charge on any atom is -0.461 e. The molecule has 1 N–H and O–H groups in total. The maximum atomic E-state index is 13.4. The van der Waals surface area contributed by atoms with Crippen LogP contribution in [0.25, 0.3) is 0 Å². The van der Waals surface area contributed by atoms with Crippen LogP contribution in [0.3, 0.4) is 0 Å². The van der Waals surface area contributed by atoms with Gasteiger partial charge in [0.2, 0.25) is 5.91 Å². The number of carbonyl (C=O) groups is 3. The summed E-state index contributed by atoms with van der Waals surface area (Å²) in [6.07, 6.45) is 12.2. The first-order valence-corrected chi connectivity index (χ1v) is 16.1. The minimum atomic E-state index is -0.571. The van der Waals surface area contributed by atoms with Crippen LogP contribution >= 0.6 is 0 Å². The van der Waals surface area contributed by atoms with E-state index in [1.165, 1.54) is 32.1 Å². The monoisotopic (exact) mass is 544 g/mol. The van der Waals surface area contributed by atoms with Gasteiger partial charge in [0.25, 0.3) is 0 Å². The second-order valence-corrected chi connectivity index (χ2v) is 14.6. The SMILES string of the molecule is CCC(C)[C@H](NC(=O)CCCN(C)C)C(=O)O[C@@H]1CC[C@@]2(C)[C@@H](CC[C@@H]3[C@@H]2CC[C@]2(C)[C@@H](C(C)=O)CC[C@@H]32)C1. The Bertz CT molecular complexity index is 904. The van der Waals surface area contributed by atoms with Gasteiger partial charge in [0.15, 0.2) is 0 Å². The van der Waals surface area contributed by atoms with Gasteiger partial charge in [0.1, 0.15) is 17.9 Å². The molecule has 0 heterocycles. The smallest absolute Gasteiger partial charge is 0.329 e. The Kier molecular flexibility index (Phi) is 9.55. The van der Waals surface area contributed by atoms with Gasteiger partial charge in [-0.2, -0.15) is 0 Å². The predicted molar refractivity (Wildman–Crippen MR) is 155 cm³/mol. The van der Waals surface area contributed by atoms with Crippen molar-refractivity contribution in [2.24, 2.45) is 46.3 Å². The Morgan fingerprint density at radius 1 is 0.974 bits per heavy atom. The Morgan fingerprint density at radius 2 is 1.67 bits per heavy atom. The molecule has 0 bridgehead atoms. The van der Waals surface area contributed by atoms with Gasteiger partial charge in [-0.1, -0.05) is 34.1 Å². The summed E-state index contributed by atoms with van der Waals surface area (Å²) in [5.41, 5.74) is 0.503. The van der Waals surface area contributed by atoms with E-state index in [1.807, 2.05) is 27.9 Å². The summed E-state index contributed by atoms with van der Waals surface area (Å²) in [5, 5.41) is 3.01. The summed E-state index contributed by atoms with van der Waals surface area (Å²) in [7, 11) is 4.01. The zero-order valence-corrected chi connectivity index (χ0v) is 25.9. The van der Waals surface area contributed by atoms with Crippen LogP contribution in [0.15, 0.2) is 0 Å². The van der Waals surface area contributed by atoms with Crippen LogP contribution in [0.1, 0.15) is 112 Å². The van der Waals surface area contributed by atoms with Crippen molar-refractivity contribution in [1.29, 1.82) is 0 Å². The zero-order valence-electron chi connectivity index (χ0n) is 25.9. The van der Waals surface area contributed by atoms with Crippen LogP contribution in [0.4, 0.5) is 0 Å². The van der Waals surface area contributed by atoms with Gasteiger partial charge in [-0.3, -0.25) is 9.59 Å². The summed E-state index contributed by atoms with van der Waals surface area (Å²) in [6.45, 7) is 11.7. The van der Waals surface area contributed by atoms with Crippen LogP contribution < -0.4 is 5.32 Å². The van der Waals surface area contributed by atoms with Crippen molar-refractivity contribution in [3.05, 3.63) is 0 Å². The molecule has 0 radical (unpaired) electrons. The van der Waals surface area contributed by atoms with Gasteiger partial charge in [-0.15, -0.1) is 0 Å².